The maximum atomic E-state index is 5.50. The first-order valence-electron chi connectivity index (χ1n) is 5.63. The summed E-state index contributed by atoms with van der Waals surface area (Å²) < 4.78 is 10.4. The van der Waals surface area contributed by atoms with Crippen molar-refractivity contribution in [3.63, 3.8) is 0 Å². The van der Waals surface area contributed by atoms with Gasteiger partial charge in [-0.15, -0.1) is 11.3 Å². The number of nitrogens with two attached hydrogens (primary N) is 1. The van der Waals surface area contributed by atoms with Gasteiger partial charge in [0, 0.05) is 18.4 Å². The van der Waals surface area contributed by atoms with E-state index in [4.69, 9.17) is 15.3 Å². The van der Waals surface area contributed by atoms with Crippen LogP contribution in [0.5, 0.6) is 0 Å². The second-order valence-corrected chi connectivity index (χ2v) is 5.17. The van der Waals surface area contributed by atoms with Gasteiger partial charge in [0.15, 0.2) is 0 Å². The molecule has 3 N–H and O–H groups in total. The van der Waals surface area contributed by atoms with Crippen molar-refractivity contribution in [1.29, 1.82) is 0 Å². The molecule has 1 rings (SSSR count). The zero-order valence-electron chi connectivity index (χ0n) is 10.7. The summed E-state index contributed by atoms with van der Waals surface area (Å²) in [6, 6.07) is 0.0943. The Kier molecular flexibility index (Phi) is 6.61. The van der Waals surface area contributed by atoms with Gasteiger partial charge in [-0.1, -0.05) is 0 Å². The molecule has 1 atom stereocenters. The first-order chi connectivity index (χ1) is 8.17. The highest BCUT2D eigenvalue weighted by atomic mass is 32.1. The monoisotopic (exact) mass is 259 g/mol. The van der Waals surface area contributed by atoms with Crippen LogP contribution in [0.25, 0.3) is 0 Å². The third kappa shape index (κ3) is 5.10. The van der Waals surface area contributed by atoms with Crippen molar-refractivity contribution in [2.24, 2.45) is 5.84 Å². The van der Waals surface area contributed by atoms with Gasteiger partial charge in [-0.25, -0.2) is 4.98 Å². The summed E-state index contributed by atoms with van der Waals surface area (Å²) in [5.41, 5.74) is 3.86. The maximum Gasteiger partial charge on any atom is 0.0947 e. The third-order valence-corrected chi connectivity index (χ3v) is 3.58. The molecule has 0 fully saturated rings. The summed E-state index contributed by atoms with van der Waals surface area (Å²) in [5, 5.41) is 1.10. The first-order valence-corrected chi connectivity index (χ1v) is 6.44. The van der Waals surface area contributed by atoms with Crippen LogP contribution in [0.4, 0.5) is 0 Å². The highest BCUT2D eigenvalue weighted by Gasteiger charge is 2.11. The van der Waals surface area contributed by atoms with Crippen molar-refractivity contribution >= 4 is 11.3 Å². The number of methoxy groups -OCH3 is 1. The lowest BCUT2D eigenvalue weighted by molar-refractivity contribution is 0.0587. The molecule has 5 nitrogen and oxygen atoms in total. The molecule has 0 saturated heterocycles. The van der Waals surface area contributed by atoms with Crippen LogP contribution < -0.4 is 11.3 Å². The lowest BCUT2D eigenvalue weighted by Gasteiger charge is -2.14. The summed E-state index contributed by atoms with van der Waals surface area (Å²) in [5.74, 6) is 5.50. The first kappa shape index (κ1) is 14.5. The SMILES string of the molecule is COCCOCC(Cc1nc(C)c(C)s1)NN. The number of hydrazine groups is 1. The van der Waals surface area contributed by atoms with Gasteiger partial charge < -0.3 is 9.47 Å². The van der Waals surface area contributed by atoms with Crippen LogP contribution in [-0.2, 0) is 15.9 Å². The number of ether oxygens (including phenoxy) is 2. The topological polar surface area (TPSA) is 69.4 Å². The minimum absolute atomic E-state index is 0.0943. The van der Waals surface area contributed by atoms with Crippen LogP contribution in [0.1, 0.15) is 15.6 Å². The molecular weight excluding hydrogens is 238 g/mol. The van der Waals surface area contributed by atoms with E-state index in [1.54, 1.807) is 18.4 Å². The molecule has 0 aliphatic carbocycles. The number of thiazole rings is 1. The Morgan fingerprint density at radius 1 is 1.41 bits per heavy atom. The van der Waals surface area contributed by atoms with Gasteiger partial charge in [0.05, 0.1) is 36.6 Å². The van der Waals surface area contributed by atoms with Crippen LogP contribution in [0.3, 0.4) is 0 Å². The van der Waals surface area contributed by atoms with E-state index >= 15 is 0 Å². The van der Waals surface area contributed by atoms with Crippen LogP contribution in [0.15, 0.2) is 0 Å². The zero-order valence-corrected chi connectivity index (χ0v) is 11.5. The Morgan fingerprint density at radius 2 is 2.18 bits per heavy atom. The van der Waals surface area contributed by atoms with E-state index in [0.717, 1.165) is 17.1 Å². The van der Waals surface area contributed by atoms with Gasteiger partial charge in [0.2, 0.25) is 0 Å². The lowest BCUT2D eigenvalue weighted by Crippen LogP contribution is -2.40. The summed E-state index contributed by atoms with van der Waals surface area (Å²) in [6.07, 6.45) is 0.794. The Bertz CT molecular complexity index is 311. The highest BCUT2D eigenvalue weighted by molar-refractivity contribution is 7.11. The van der Waals surface area contributed by atoms with Crippen molar-refractivity contribution in [2.45, 2.75) is 26.3 Å². The molecule has 1 aromatic heterocycles. The Morgan fingerprint density at radius 3 is 2.71 bits per heavy atom. The van der Waals surface area contributed by atoms with Gasteiger partial charge in [-0.3, -0.25) is 11.3 Å². The van der Waals surface area contributed by atoms with Crippen molar-refractivity contribution in [1.82, 2.24) is 10.4 Å². The minimum atomic E-state index is 0.0943. The molecule has 0 aliphatic rings. The molecule has 1 unspecified atom stereocenters. The molecule has 0 saturated carbocycles. The smallest absolute Gasteiger partial charge is 0.0947 e. The molecule has 0 spiro atoms. The molecule has 1 heterocycles. The van der Waals surface area contributed by atoms with E-state index in [1.165, 1.54) is 4.88 Å². The average Bonchev–Trinajstić information content (AvgIpc) is 2.62. The predicted octanol–water partition coefficient (Wildman–Crippen LogP) is 0.797. The van der Waals surface area contributed by atoms with E-state index < -0.39 is 0 Å². The Hall–Kier alpha value is -0.530. The molecule has 0 bridgehead atoms. The molecular formula is C11H21N3O2S. The molecule has 0 aromatic carbocycles. The molecule has 1 aromatic rings. The van der Waals surface area contributed by atoms with Crippen molar-refractivity contribution in [3.8, 4) is 0 Å². The quantitative estimate of drug-likeness (QED) is 0.410. The summed E-state index contributed by atoms with van der Waals surface area (Å²) in [4.78, 5) is 5.75. The predicted molar refractivity (Wildman–Crippen MR) is 69.1 cm³/mol. The fourth-order valence-corrected chi connectivity index (χ4v) is 2.38. The fraction of sp³-hybridized carbons (Fsp3) is 0.727. The third-order valence-electron chi connectivity index (χ3n) is 2.48. The van der Waals surface area contributed by atoms with Crippen molar-refractivity contribution in [3.05, 3.63) is 15.6 Å². The van der Waals surface area contributed by atoms with E-state index in [9.17, 15) is 0 Å². The van der Waals surface area contributed by atoms with Crippen LogP contribution in [-0.4, -0.2) is 38.0 Å². The second kappa shape index (κ2) is 7.73. The summed E-state index contributed by atoms with van der Waals surface area (Å²) in [7, 11) is 1.66. The largest absolute Gasteiger partial charge is 0.382 e. The maximum absolute atomic E-state index is 5.50. The molecule has 0 radical (unpaired) electrons. The number of nitrogens with zero attached hydrogens (tertiary/aromatic N) is 1. The number of aromatic nitrogens is 1. The van der Waals surface area contributed by atoms with Crippen molar-refractivity contribution < 1.29 is 9.47 Å². The number of nitrogens with one attached hydrogen (secondary N) is 1. The molecule has 17 heavy (non-hydrogen) atoms. The van der Waals surface area contributed by atoms with Gasteiger partial charge in [-0.2, -0.15) is 0 Å². The standard InChI is InChI=1S/C11H21N3O2S/c1-8-9(2)17-11(13-8)6-10(14-12)7-16-5-4-15-3/h10,14H,4-7,12H2,1-3H3. The normalized spacial score (nSPS) is 12.9. The molecule has 0 amide bonds. The van der Waals surface area contributed by atoms with E-state index in [2.05, 4.69) is 17.3 Å². The van der Waals surface area contributed by atoms with Gasteiger partial charge in [0.25, 0.3) is 0 Å². The zero-order chi connectivity index (χ0) is 12.7. The average molecular weight is 259 g/mol. The minimum Gasteiger partial charge on any atom is -0.382 e. The number of hydrogen-bond donors (Lipinski definition) is 2. The summed E-state index contributed by atoms with van der Waals surface area (Å²) >= 11 is 1.71. The summed E-state index contributed by atoms with van der Waals surface area (Å²) in [6.45, 7) is 5.86. The Balaban J connectivity index is 2.35. The van der Waals surface area contributed by atoms with Crippen LogP contribution >= 0.6 is 11.3 Å². The van der Waals surface area contributed by atoms with Gasteiger partial charge in [0.1, 0.15) is 0 Å². The molecule has 0 aliphatic heterocycles. The van der Waals surface area contributed by atoms with E-state index in [1.807, 2.05) is 6.92 Å². The van der Waals surface area contributed by atoms with Crippen LogP contribution in [0, 0.1) is 13.8 Å². The van der Waals surface area contributed by atoms with Gasteiger partial charge in [-0.05, 0) is 13.8 Å². The second-order valence-electron chi connectivity index (χ2n) is 3.88. The van der Waals surface area contributed by atoms with E-state index in [0.29, 0.717) is 19.8 Å². The van der Waals surface area contributed by atoms with E-state index in [-0.39, 0.29) is 6.04 Å². The highest BCUT2D eigenvalue weighted by Crippen LogP contribution is 2.17. The molecule has 98 valence electrons. The van der Waals surface area contributed by atoms with Crippen molar-refractivity contribution in [2.75, 3.05) is 26.9 Å². The van der Waals surface area contributed by atoms with Gasteiger partial charge >= 0.3 is 0 Å². The van der Waals surface area contributed by atoms with Crippen LogP contribution in [0.2, 0.25) is 0 Å². The molecule has 6 heteroatoms. The number of hydrogen-bond acceptors (Lipinski definition) is 6. The lowest BCUT2D eigenvalue weighted by atomic mass is 10.2. The fourth-order valence-electron chi connectivity index (χ4n) is 1.37. The Labute approximate surface area is 106 Å². The number of rotatable bonds is 8. The number of aryl methyl sites for hydroxylation is 2.